The van der Waals surface area contributed by atoms with E-state index in [-0.39, 0.29) is 4.90 Å². The molecule has 0 spiro atoms. The van der Waals surface area contributed by atoms with Gasteiger partial charge in [0.25, 0.3) is 0 Å². The molecule has 0 aliphatic heterocycles. The molecule has 0 aromatic heterocycles. The van der Waals surface area contributed by atoms with Crippen LogP contribution in [0.3, 0.4) is 0 Å². The van der Waals surface area contributed by atoms with Gasteiger partial charge in [-0.15, -0.1) is 0 Å². The normalized spacial score (nSPS) is 11.5. The molecule has 0 fully saturated rings. The predicted octanol–water partition coefficient (Wildman–Crippen LogP) is -0.0381. The van der Waals surface area contributed by atoms with Gasteiger partial charge in [-0.3, -0.25) is 0 Å². The number of hydrogen-bond acceptors (Lipinski definition) is 5. The first kappa shape index (κ1) is 14.7. The largest absolute Gasteiger partial charge is 0.399 e. The number of nitrogens with two attached hydrogens (primary N) is 2. The molecule has 6 nitrogen and oxygen atoms in total. The van der Waals surface area contributed by atoms with Gasteiger partial charge in [0.1, 0.15) is 4.90 Å². The SMILES string of the molecule is CNCCCN(C)c1ccc(N)cc1S(N)(=O)=O. The van der Waals surface area contributed by atoms with E-state index in [0.717, 1.165) is 19.5 Å². The molecule has 0 atom stereocenters. The third kappa shape index (κ3) is 3.86. The number of nitrogen functional groups attached to an aromatic ring is 1. The van der Waals surface area contributed by atoms with Gasteiger partial charge in [-0.25, -0.2) is 13.6 Å². The third-order valence-electron chi connectivity index (χ3n) is 2.62. The maximum absolute atomic E-state index is 11.5. The summed E-state index contributed by atoms with van der Waals surface area (Å²) in [7, 11) is -0.0657. The summed E-state index contributed by atoms with van der Waals surface area (Å²) in [6, 6.07) is 4.73. The van der Waals surface area contributed by atoms with Crippen LogP contribution in [-0.4, -0.2) is 35.6 Å². The van der Waals surface area contributed by atoms with E-state index in [1.54, 1.807) is 12.1 Å². The molecule has 0 bridgehead atoms. The van der Waals surface area contributed by atoms with E-state index in [0.29, 0.717) is 11.4 Å². The molecule has 0 aliphatic rings. The first-order chi connectivity index (χ1) is 8.36. The van der Waals surface area contributed by atoms with Crippen molar-refractivity contribution in [3.63, 3.8) is 0 Å². The highest BCUT2D eigenvalue weighted by atomic mass is 32.2. The summed E-state index contributed by atoms with van der Waals surface area (Å²) in [4.78, 5) is 1.92. The summed E-state index contributed by atoms with van der Waals surface area (Å²) in [5.74, 6) is 0. The molecule has 18 heavy (non-hydrogen) atoms. The maximum atomic E-state index is 11.5. The van der Waals surface area contributed by atoms with E-state index in [2.05, 4.69) is 5.32 Å². The maximum Gasteiger partial charge on any atom is 0.240 e. The smallest absolute Gasteiger partial charge is 0.240 e. The van der Waals surface area contributed by atoms with Gasteiger partial charge in [-0.05, 0) is 38.2 Å². The second kappa shape index (κ2) is 6.03. The average Bonchev–Trinajstić information content (AvgIpc) is 2.28. The van der Waals surface area contributed by atoms with Crippen molar-refractivity contribution in [1.82, 2.24) is 5.32 Å². The lowest BCUT2D eigenvalue weighted by Crippen LogP contribution is -2.25. The van der Waals surface area contributed by atoms with Crippen molar-refractivity contribution < 1.29 is 8.42 Å². The minimum atomic E-state index is -3.77. The highest BCUT2D eigenvalue weighted by Gasteiger charge is 2.16. The molecule has 102 valence electrons. The molecular weight excluding hydrogens is 252 g/mol. The van der Waals surface area contributed by atoms with Crippen LogP contribution in [0.1, 0.15) is 6.42 Å². The number of hydrogen-bond donors (Lipinski definition) is 3. The summed E-state index contributed by atoms with van der Waals surface area (Å²) in [5, 5.41) is 8.24. The van der Waals surface area contributed by atoms with Crippen molar-refractivity contribution in [2.24, 2.45) is 5.14 Å². The minimum Gasteiger partial charge on any atom is -0.399 e. The van der Waals surface area contributed by atoms with E-state index in [4.69, 9.17) is 10.9 Å². The molecule has 1 rings (SSSR count). The van der Waals surface area contributed by atoms with E-state index < -0.39 is 10.0 Å². The number of benzene rings is 1. The lowest BCUT2D eigenvalue weighted by Gasteiger charge is -2.22. The Labute approximate surface area is 108 Å². The second-order valence-corrected chi connectivity index (χ2v) is 5.68. The van der Waals surface area contributed by atoms with Gasteiger partial charge in [-0.2, -0.15) is 0 Å². The van der Waals surface area contributed by atoms with Crippen LogP contribution in [0, 0.1) is 0 Å². The molecule has 0 amide bonds. The zero-order valence-electron chi connectivity index (χ0n) is 10.7. The van der Waals surface area contributed by atoms with Gasteiger partial charge in [0.2, 0.25) is 10.0 Å². The monoisotopic (exact) mass is 272 g/mol. The van der Waals surface area contributed by atoms with Crippen LogP contribution < -0.4 is 21.1 Å². The van der Waals surface area contributed by atoms with Crippen LogP contribution in [0.4, 0.5) is 11.4 Å². The molecule has 1 aromatic carbocycles. The Hall–Kier alpha value is -1.31. The highest BCUT2D eigenvalue weighted by molar-refractivity contribution is 7.89. The Bertz CT molecular complexity index is 502. The fourth-order valence-electron chi connectivity index (χ4n) is 1.69. The minimum absolute atomic E-state index is 0.0643. The number of anilines is 2. The fraction of sp³-hybridized carbons (Fsp3) is 0.455. The Kier molecular flexibility index (Phi) is 4.94. The molecule has 0 saturated carbocycles. The first-order valence-electron chi connectivity index (χ1n) is 5.64. The second-order valence-electron chi connectivity index (χ2n) is 4.15. The van der Waals surface area contributed by atoms with E-state index in [1.165, 1.54) is 6.07 Å². The lowest BCUT2D eigenvalue weighted by atomic mass is 10.2. The Morgan fingerprint density at radius 1 is 1.39 bits per heavy atom. The molecular formula is C11H20N4O2S. The van der Waals surface area contributed by atoms with Crippen molar-refractivity contribution in [1.29, 1.82) is 0 Å². The van der Waals surface area contributed by atoms with Crippen LogP contribution in [0.2, 0.25) is 0 Å². The van der Waals surface area contributed by atoms with Crippen LogP contribution in [0.25, 0.3) is 0 Å². The fourth-order valence-corrected chi connectivity index (χ4v) is 2.50. The average molecular weight is 272 g/mol. The zero-order chi connectivity index (χ0) is 13.8. The number of rotatable bonds is 6. The number of sulfonamides is 1. The van der Waals surface area contributed by atoms with Gasteiger partial charge >= 0.3 is 0 Å². The van der Waals surface area contributed by atoms with Gasteiger partial charge < -0.3 is 16.0 Å². The quantitative estimate of drug-likeness (QED) is 0.498. The lowest BCUT2D eigenvalue weighted by molar-refractivity contribution is 0.597. The van der Waals surface area contributed by atoms with Crippen molar-refractivity contribution in [3.05, 3.63) is 18.2 Å². The van der Waals surface area contributed by atoms with Crippen molar-refractivity contribution in [2.75, 3.05) is 37.8 Å². The number of primary sulfonamides is 1. The zero-order valence-corrected chi connectivity index (χ0v) is 11.5. The molecule has 1 aromatic rings. The van der Waals surface area contributed by atoms with Gasteiger partial charge in [0.05, 0.1) is 5.69 Å². The van der Waals surface area contributed by atoms with E-state index in [9.17, 15) is 8.42 Å². The van der Waals surface area contributed by atoms with Crippen LogP contribution in [-0.2, 0) is 10.0 Å². The van der Waals surface area contributed by atoms with Crippen molar-refractivity contribution in [2.45, 2.75) is 11.3 Å². The van der Waals surface area contributed by atoms with Gasteiger partial charge in [-0.1, -0.05) is 0 Å². The highest BCUT2D eigenvalue weighted by Crippen LogP contribution is 2.25. The molecule has 7 heteroatoms. The van der Waals surface area contributed by atoms with E-state index in [1.807, 2.05) is 19.0 Å². The molecule has 0 saturated heterocycles. The van der Waals surface area contributed by atoms with Gasteiger partial charge in [0, 0.05) is 19.3 Å². The molecule has 0 heterocycles. The number of nitrogens with one attached hydrogen (secondary N) is 1. The molecule has 0 radical (unpaired) electrons. The van der Waals surface area contributed by atoms with Crippen LogP contribution in [0.15, 0.2) is 23.1 Å². The molecule has 0 unspecified atom stereocenters. The topological polar surface area (TPSA) is 101 Å². The van der Waals surface area contributed by atoms with Crippen molar-refractivity contribution >= 4 is 21.4 Å². The van der Waals surface area contributed by atoms with Crippen molar-refractivity contribution in [3.8, 4) is 0 Å². The first-order valence-corrected chi connectivity index (χ1v) is 7.19. The Balaban J connectivity index is 3.01. The number of nitrogens with zero attached hydrogens (tertiary/aromatic N) is 1. The Morgan fingerprint density at radius 2 is 2.06 bits per heavy atom. The third-order valence-corrected chi connectivity index (χ3v) is 3.56. The summed E-state index contributed by atoms with van der Waals surface area (Å²) >= 11 is 0. The summed E-state index contributed by atoms with van der Waals surface area (Å²) in [6.07, 6.45) is 0.904. The van der Waals surface area contributed by atoms with Gasteiger partial charge in [0.15, 0.2) is 0 Å². The molecule has 5 N–H and O–H groups in total. The summed E-state index contributed by atoms with van der Waals surface area (Å²) in [5.41, 5.74) is 6.55. The van der Waals surface area contributed by atoms with Crippen LogP contribution in [0.5, 0.6) is 0 Å². The molecule has 0 aliphatic carbocycles. The Morgan fingerprint density at radius 3 is 2.61 bits per heavy atom. The van der Waals surface area contributed by atoms with E-state index >= 15 is 0 Å². The standard InChI is InChI=1S/C11H20N4O2S/c1-14-6-3-7-15(2)10-5-4-9(12)8-11(10)18(13,16)17/h4-5,8,14H,3,6-7,12H2,1-2H3,(H2,13,16,17). The summed E-state index contributed by atoms with van der Waals surface area (Å²) < 4.78 is 23.0. The van der Waals surface area contributed by atoms with Crippen LogP contribution >= 0.6 is 0 Å². The predicted molar refractivity (Wildman–Crippen MR) is 74.0 cm³/mol. The summed E-state index contributed by atoms with van der Waals surface area (Å²) in [6.45, 7) is 1.59.